The van der Waals surface area contributed by atoms with E-state index in [0.29, 0.717) is 17.5 Å². The summed E-state index contributed by atoms with van der Waals surface area (Å²) in [7, 11) is 3.18. The minimum atomic E-state index is -4.43. The van der Waals surface area contributed by atoms with E-state index < -0.39 is 11.7 Å². The predicted molar refractivity (Wildman–Crippen MR) is 121 cm³/mol. The van der Waals surface area contributed by atoms with Crippen molar-refractivity contribution in [2.24, 2.45) is 13.0 Å². The molecule has 0 N–H and O–H groups in total. The molecule has 2 aliphatic rings. The van der Waals surface area contributed by atoms with Gasteiger partial charge in [0.2, 0.25) is 5.82 Å². The van der Waals surface area contributed by atoms with E-state index in [1.54, 1.807) is 17.8 Å². The second-order valence-electron chi connectivity index (χ2n) is 9.04. The molecule has 3 aromatic rings. The van der Waals surface area contributed by atoms with E-state index in [1.807, 2.05) is 18.5 Å². The Balaban J connectivity index is 1.17. The summed E-state index contributed by atoms with van der Waals surface area (Å²) in [4.78, 5) is 6.47. The second-order valence-corrected chi connectivity index (χ2v) is 10.1. The minimum Gasteiger partial charge on any atom is -0.496 e. The molecule has 0 bridgehead atoms. The van der Waals surface area contributed by atoms with Crippen LogP contribution in [0.2, 0.25) is 0 Å². The summed E-state index contributed by atoms with van der Waals surface area (Å²) in [5.41, 5.74) is 0.697. The van der Waals surface area contributed by atoms with Gasteiger partial charge in [0.05, 0.1) is 18.4 Å². The summed E-state index contributed by atoms with van der Waals surface area (Å²) < 4.78 is 52.7. The number of oxazole rings is 1. The van der Waals surface area contributed by atoms with Crippen LogP contribution in [0.25, 0.3) is 11.6 Å². The quantitative estimate of drug-likeness (QED) is 0.337. The molecule has 5 rings (SSSR count). The molecule has 1 saturated heterocycles. The van der Waals surface area contributed by atoms with Gasteiger partial charge in [-0.25, -0.2) is 4.98 Å². The van der Waals surface area contributed by atoms with Crippen molar-refractivity contribution in [1.82, 2.24) is 24.6 Å². The Morgan fingerprint density at radius 1 is 1.29 bits per heavy atom. The number of ether oxygens (including phenoxy) is 1. The lowest BCUT2D eigenvalue weighted by atomic mass is 9.93. The summed E-state index contributed by atoms with van der Waals surface area (Å²) in [5, 5.41) is 9.31. The number of alkyl halides is 3. The van der Waals surface area contributed by atoms with Gasteiger partial charge in [-0.15, -0.1) is 10.2 Å². The number of hydrogen-bond donors (Lipinski definition) is 0. The molecule has 0 radical (unpaired) electrons. The maximum atomic E-state index is 13.5. The first-order valence-corrected chi connectivity index (χ1v) is 12.1. The average Bonchev–Trinajstić information content (AvgIpc) is 3.09. The van der Waals surface area contributed by atoms with Gasteiger partial charge >= 0.3 is 6.18 Å². The van der Waals surface area contributed by atoms with Gasteiger partial charge in [0.15, 0.2) is 17.3 Å². The Hall–Kier alpha value is -2.53. The Labute approximate surface area is 199 Å². The molecule has 1 aliphatic carbocycles. The van der Waals surface area contributed by atoms with Crippen LogP contribution in [-0.2, 0) is 18.6 Å². The number of methoxy groups -OCH3 is 1. The number of likely N-dealkylation sites (tertiary alicyclic amines) is 1. The number of fused-ring (bicyclic) bond motifs is 1. The first kappa shape index (κ1) is 23.2. The van der Waals surface area contributed by atoms with Crippen molar-refractivity contribution in [2.75, 3.05) is 32.5 Å². The Morgan fingerprint density at radius 2 is 2.12 bits per heavy atom. The molecule has 3 heterocycles. The van der Waals surface area contributed by atoms with Gasteiger partial charge < -0.3 is 18.6 Å². The Kier molecular flexibility index (Phi) is 5.87. The number of piperidine rings is 1. The molecule has 0 amide bonds. The lowest BCUT2D eigenvalue weighted by molar-refractivity contribution is -0.138. The number of aromatic nitrogens is 4. The largest absolute Gasteiger partial charge is 0.496 e. The molecule has 34 heavy (non-hydrogen) atoms. The standard InChI is InChI=1S/C23H26F3N5O2S/c1-14-19(33-13-27-14)20-28-29-21(30(20)2)34-8-4-7-31-11-16-10-22(16,12-31)15-5-6-18(32-3)17(9-15)23(24,25)26/h5-6,9,13,16H,4,7-8,10-12H2,1-3H3/t16-,22+/m1/s1. The van der Waals surface area contributed by atoms with E-state index in [1.165, 1.54) is 25.6 Å². The normalized spacial score (nSPS) is 22.2. The summed E-state index contributed by atoms with van der Waals surface area (Å²) in [6.07, 6.45) is -1.13. The number of benzene rings is 1. The summed E-state index contributed by atoms with van der Waals surface area (Å²) in [6.45, 7) is 4.49. The highest BCUT2D eigenvalue weighted by Crippen LogP contribution is 2.59. The van der Waals surface area contributed by atoms with Crippen molar-refractivity contribution in [3.05, 3.63) is 41.4 Å². The number of hydrogen-bond acceptors (Lipinski definition) is 7. The smallest absolute Gasteiger partial charge is 0.419 e. The fourth-order valence-electron chi connectivity index (χ4n) is 5.05. The molecule has 182 valence electrons. The first-order chi connectivity index (χ1) is 16.2. The third-order valence-corrected chi connectivity index (χ3v) is 8.04. The van der Waals surface area contributed by atoms with Crippen molar-refractivity contribution in [3.8, 4) is 17.3 Å². The van der Waals surface area contributed by atoms with Crippen molar-refractivity contribution >= 4 is 11.8 Å². The van der Waals surface area contributed by atoms with Gasteiger partial charge in [-0.2, -0.15) is 13.2 Å². The highest BCUT2D eigenvalue weighted by Gasteiger charge is 2.60. The van der Waals surface area contributed by atoms with Crippen molar-refractivity contribution in [2.45, 2.75) is 36.5 Å². The number of rotatable bonds is 8. The van der Waals surface area contributed by atoms with Crippen LogP contribution in [0.1, 0.15) is 29.7 Å². The highest BCUT2D eigenvalue weighted by atomic mass is 32.2. The second kappa shape index (κ2) is 8.60. The van der Waals surface area contributed by atoms with Crippen molar-refractivity contribution < 1.29 is 22.3 Å². The topological polar surface area (TPSA) is 69.2 Å². The number of halogens is 3. The van der Waals surface area contributed by atoms with Crippen LogP contribution in [0.5, 0.6) is 5.75 Å². The molecular weight excluding hydrogens is 467 g/mol. The molecule has 1 saturated carbocycles. The van der Waals surface area contributed by atoms with Gasteiger partial charge in [-0.05, 0) is 49.9 Å². The first-order valence-electron chi connectivity index (χ1n) is 11.1. The van der Waals surface area contributed by atoms with E-state index in [-0.39, 0.29) is 11.2 Å². The molecule has 2 atom stereocenters. The number of nitrogens with zero attached hydrogens (tertiary/aromatic N) is 5. The van der Waals surface area contributed by atoms with Gasteiger partial charge in [0.25, 0.3) is 0 Å². The molecule has 1 aromatic carbocycles. The Bertz CT molecular complexity index is 1190. The molecule has 2 aromatic heterocycles. The molecule has 1 aliphatic heterocycles. The Morgan fingerprint density at radius 3 is 2.82 bits per heavy atom. The van der Waals surface area contributed by atoms with Crippen LogP contribution in [0.15, 0.2) is 34.2 Å². The van der Waals surface area contributed by atoms with Gasteiger partial charge in [-0.3, -0.25) is 0 Å². The SMILES string of the molecule is COc1ccc([C@@]23C[C@@H]2CN(CCCSc2nnc(-c4ocnc4C)n2C)C3)cc1C(F)(F)F. The van der Waals surface area contributed by atoms with Crippen LogP contribution in [-0.4, -0.2) is 57.1 Å². The zero-order valence-corrected chi connectivity index (χ0v) is 20.0. The zero-order valence-electron chi connectivity index (χ0n) is 19.2. The fraction of sp³-hybridized carbons (Fsp3) is 0.522. The molecular formula is C23H26F3N5O2S. The number of aryl methyl sites for hydroxylation is 1. The van der Waals surface area contributed by atoms with E-state index in [0.717, 1.165) is 54.6 Å². The van der Waals surface area contributed by atoms with E-state index in [2.05, 4.69) is 20.1 Å². The van der Waals surface area contributed by atoms with Crippen molar-refractivity contribution in [1.29, 1.82) is 0 Å². The maximum Gasteiger partial charge on any atom is 0.419 e. The van der Waals surface area contributed by atoms with Crippen LogP contribution < -0.4 is 4.74 Å². The third-order valence-electron chi connectivity index (χ3n) is 6.93. The lowest BCUT2D eigenvalue weighted by Crippen LogP contribution is -2.28. The molecule has 2 fully saturated rings. The molecule has 11 heteroatoms. The van der Waals surface area contributed by atoms with Gasteiger partial charge in [0, 0.05) is 31.3 Å². The summed E-state index contributed by atoms with van der Waals surface area (Å²) in [6, 6.07) is 4.55. The lowest BCUT2D eigenvalue weighted by Gasteiger charge is -2.22. The predicted octanol–water partition coefficient (Wildman–Crippen LogP) is 4.56. The number of thioether (sulfide) groups is 1. The molecule has 0 unspecified atom stereocenters. The highest BCUT2D eigenvalue weighted by molar-refractivity contribution is 7.99. The van der Waals surface area contributed by atoms with Gasteiger partial charge in [-0.1, -0.05) is 17.8 Å². The van der Waals surface area contributed by atoms with Gasteiger partial charge in [0.1, 0.15) is 5.75 Å². The van der Waals surface area contributed by atoms with Crippen LogP contribution in [0.4, 0.5) is 13.2 Å². The molecule has 0 spiro atoms. The minimum absolute atomic E-state index is 0.123. The van der Waals surface area contributed by atoms with E-state index in [9.17, 15) is 13.2 Å². The third kappa shape index (κ3) is 4.08. The van der Waals surface area contributed by atoms with Crippen LogP contribution in [0, 0.1) is 12.8 Å². The summed E-state index contributed by atoms with van der Waals surface area (Å²) >= 11 is 1.63. The van der Waals surface area contributed by atoms with Crippen molar-refractivity contribution in [3.63, 3.8) is 0 Å². The summed E-state index contributed by atoms with van der Waals surface area (Å²) in [5.74, 6) is 2.44. The van der Waals surface area contributed by atoms with E-state index in [4.69, 9.17) is 9.15 Å². The van der Waals surface area contributed by atoms with Crippen LogP contribution >= 0.6 is 11.8 Å². The maximum absolute atomic E-state index is 13.5. The van der Waals surface area contributed by atoms with E-state index >= 15 is 0 Å². The average molecular weight is 494 g/mol. The fourth-order valence-corrected chi connectivity index (χ4v) is 5.88. The van der Waals surface area contributed by atoms with Crippen LogP contribution in [0.3, 0.4) is 0 Å². The molecule has 7 nitrogen and oxygen atoms in total. The zero-order chi connectivity index (χ0) is 24.1. The monoisotopic (exact) mass is 493 g/mol.